The molecule has 3 rings (SSSR count). The number of aryl methyl sites for hydroxylation is 1. The molecule has 0 aromatic carbocycles. The quantitative estimate of drug-likeness (QED) is 0.742. The normalized spacial score (nSPS) is 22.0. The first kappa shape index (κ1) is 16.5. The van der Waals surface area contributed by atoms with E-state index in [9.17, 15) is 9.59 Å². The van der Waals surface area contributed by atoms with Crippen molar-refractivity contribution in [2.24, 2.45) is 5.92 Å². The zero-order chi connectivity index (χ0) is 16.4. The van der Waals surface area contributed by atoms with Gasteiger partial charge in [-0.25, -0.2) is 4.98 Å². The van der Waals surface area contributed by atoms with Crippen LogP contribution < -0.4 is 5.56 Å². The van der Waals surface area contributed by atoms with E-state index in [1.54, 1.807) is 17.7 Å². The lowest BCUT2D eigenvalue weighted by Gasteiger charge is -2.37. The first-order valence-corrected chi connectivity index (χ1v) is 8.90. The molecule has 1 N–H and O–H groups in total. The van der Waals surface area contributed by atoms with Crippen LogP contribution in [0.5, 0.6) is 0 Å². The monoisotopic (exact) mass is 338 g/mol. The lowest BCUT2D eigenvalue weighted by molar-refractivity contribution is -0.137. The van der Waals surface area contributed by atoms with Gasteiger partial charge in [-0.15, -0.1) is 0 Å². The van der Waals surface area contributed by atoms with Gasteiger partial charge >= 0.3 is 0 Å². The van der Waals surface area contributed by atoms with Crippen LogP contribution in [0.4, 0.5) is 0 Å². The molecule has 1 aromatic rings. The van der Waals surface area contributed by atoms with Crippen LogP contribution in [0.1, 0.15) is 5.56 Å². The Hall–Kier alpha value is -1.38. The fraction of sp³-hybridized carbons (Fsp3) is 0.667. The maximum absolute atomic E-state index is 12.7. The molecule has 0 spiro atoms. The number of nitrogens with zero attached hydrogens (tertiary/aromatic N) is 4. The molecule has 0 unspecified atom stereocenters. The maximum Gasteiger partial charge on any atom is 0.257 e. The molecular weight excluding hydrogens is 316 g/mol. The highest BCUT2D eigenvalue weighted by molar-refractivity contribution is 7.99. The van der Waals surface area contributed by atoms with E-state index in [-0.39, 0.29) is 24.0 Å². The molecule has 7 nitrogen and oxygen atoms in total. The Balaban J connectivity index is 1.66. The Morgan fingerprint density at radius 2 is 2.13 bits per heavy atom. The van der Waals surface area contributed by atoms with E-state index >= 15 is 0 Å². The summed E-state index contributed by atoms with van der Waals surface area (Å²) in [6.07, 6.45) is 1.60. The van der Waals surface area contributed by atoms with E-state index in [0.717, 1.165) is 13.1 Å². The molecule has 126 valence electrons. The third-order valence-electron chi connectivity index (χ3n) is 4.45. The Morgan fingerprint density at radius 1 is 1.39 bits per heavy atom. The average molecular weight is 338 g/mol. The average Bonchev–Trinajstić information content (AvgIpc) is 2.58. The number of carbonyl (C=O) groups excluding carboxylic acids is 1. The predicted molar refractivity (Wildman–Crippen MR) is 87.6 cm³/mol. The second kappa shape index (κ2) is 7.02. The molecule has 0 saturated carbocycles. The number of carbonyl (C=O) groups is 1. The number of aromatic nitrogens is 2. The number of hydrogen-bond acceptors (Lipinski definition) is 6. The zero-order valence-electron chi connectivity index (χ0n) is 13.3. The summed E-state index contributed by atoms with van der Waals surface area (Å²) in [5.41, 5.74) is 0.563. The van der Waals surface area contributed by atoms with Gasteiger partial charge in [-0.2, -0.15) is 0 Å². The zero-order valence-corrected chi connectivity index (χ0v) is 14.1. The standard InChI is InChI=1S/C15H22N4O3S/c1-11-8-16-15-19(13(11)21)9-12(10-23-15)14(22)18-4-2-17(3-5-18)6-7-20/h8,12,20H,2-7,9-10H2,1H3/t12-/m1/s1. The number of piperazine rings is 1. The van der Waals surface area contributed by atoms with Gasteiger partial charge in [0.2, 0.25) is 5.91 Å². The van der Waals surface area contributed by atoms with Crippen LogP contribution >= 0.6 is 11.8 Å². The molecule has 0 bridgehead atoms. The Labute approximate surface area is 139 Å². The van der Waals surface area contributed by atoms with Gasteiger partial charge in [0.15, 0.2) is 5.16 Å². The van der Waals surface area contributed by atoms with Gasteiger partial charge in [0.25, 0.3) is 5.56 Å². The van der Waals surface area contributed by atoms with Crippen molar-refractivity contribution < 1.29 is 9.90 Å². The summed E-state index contributed by atoms with van der Waals surface area (Å²) in [4.78, 5) is 33.3. The highest BCUT2D eigenvalue weighted by Gasteiger charge is 2.31. The van der Waals surface area contributed by atoms with Crippen molar-refractivity contribution in [3.8, 4) is 0 Å². The van der Waals surface area contributed by atoms with Crippen molar-refractivity contribution in [2.45, 2.75) is 18.6 Å². The molecular formula is C15H22N4O3S. The van der Waals surface area contributed by atoms with Crippen LogP contribution in [-0.4, -0.2) is 75.4 Å². The summed E-state index contributed by atoms with van der Waals surface area (Å²) in [6.45, 7) is 5.95. The molecule has 0 radical (unpaired) electrons. The Morgan fingerprint density at radius 3 is 2.83 bits per heavy atom. The molecule has 1 saturated heterocycles. The van der Waals surface area contributed by atoms with Crippen LogP contribution in [0.15, 0.2) is 16.1 Å². The number of rotatable bonds is 3. The van der Waals surface area contributed by atoms with Gasteiger partial charge in [-0.3, -0.25) is 19.1 Å². The first-order valence-electron chi connectivity index (χ1n) is 7.91. The summed E-state index contributed by atoms with van der Waals surface area (Å²) >= 11 is 1.48. The molecule has 1 fully saturated rings. The fourth-order valence-electron chi connectivity index (χ4n) is 3.04. The maximum atomic E-state index is 12.7. The van der Waals surface area contributed by atoms with E-state index in [2.05, 4.69) is 9.88 Å². The molecule has 23 heavy (non-hydrogen) atoms. The molecule has 3 heterocycles. The van der Waals surface area contributed by atoms with Crippen molar-refractivity contribution in [2.75, 3.05) is 45.1 Å². The van der Waals surface area contributed by atoms with Crippen LogP contribution in [-0.2, 0) is 11.3 Å². The summed E-state index contributed by atoms with van der Waals surface area (Å²) in [6, 6.07) is 0. The third kappa shape index (κ3) is 3.44. The number of β-amino-alcohol motifs (C(OH)–C–C–N with tert-alkyl or cyclic N) is 1. The van der Waals surface area contributed by atoms with Crippen molar-refractivity contribution in [1.82, 2.24) is 19.4 Å². The van der Waals surface area contributed by atoms with Crippen LogP contribution in [0.25, 0.3) is 0 Å². The lowest BCUT2D eigenvalue weighted by atomic mass is 10.1. The van der Waals surface area contributed by atoms with Crippen LogP contribution in [0.3, 0.4) is 0 Å². The van der Waals surface area contributed by atoms with Crippen molar-refractivity contribution in [1.29, 1.82) is 0 Å². The minimum atomic E-state index is -0.168. The van der Waals surface area contributed by atoms with Gasteiger partial charge in [0.1, 0.15) is 0 Å². The smallest absolute Gasteiger partial charge is 0.257 e. The van der Waals surface area contributed by atoms with Crippen molar-refractivity contribution >= 4 is 17.7 Å². The SMILES string of the molecule is Cc1cnc2n(c1=O)C[C@@H](C(=O)N1CCN(CCO)CC1)CS2. The predicted octanol–water partition coefficient (Wildman–Crippen LogP) is -0.590. The molecule has 1 amide bonds. The largest absolute Gasteiger partial charge is 0.395 e. The fourth-order valence-corrected chi connectivity index (χ4v) is 4.08. The molecule has 2 aliphatic heterocycles. The van der Waals surface area contributed by atoms with Gasteiger partial charge < -0.3 is 10.0 Å². The first-order chi connectivity index (χ1) is 11.1. The van der Waals surface area contributed by atoms with E-state index in [0.29, 0.717) is 42.7 Å². The second-order valence-corrected chi connectivity index (χ2v) is 7.03. The highest BCUT2D eigenvalue weighted by Crippen LogP contribution is 2.26. The summed E-state index contributed by atoms with van der Waals surface area (Å²) in [5.74, 6) is 0.629. The molecule has 1 aromatic heterocycles. The topological polar surface area (TPSA) is 78.7 Å². The summed E-state index contributed by atoms with van der Waals surface area (Å²) in [7, 11) is 0. The third-order valence-corrected chi connectivity index (χ3v) is 5.60. The summed E-state index contributed by atoms with van der Waals surface area (Å²) in [5, 5.41) is 9.68. The van der Waals surface area contributed by atoms with Gasteiger partial charge in [0, 0.05) is 56.8 Å². The minimum absolute atomic E-state index is 0.0484. The van der Waals surface area contributed by atoms with Crippen molar-refractivity contribution in [3.05, 3.63) is 22.1 Å². The van der Waals surface area contributed by atoms with E-state index in [1.807, 2.05) is 4.90 Å². The van der Waals surface area contributed by atoms with E-state index < -0.39 is 0 Å². The van der Waals surface area contributed by atoms with Crippen molar-refractivity contribution in [3.63, 3.8) is 0 Å². The number of fused-ring (bicyclic) bond motifs is 1. The van der Waals surface area contributed by atoms with Gasteiger partial charge in [0.05, 0.1) is 12.5 Å². The molecule has 0 aliphatic carbocycles. The van der Waals surface area contributed by atoms with E-state index in [1.165, 1.54) is 11.8 Å². The van der Waals surface area contributed by atoms with Gasteiger partial charge in [-0.1, -0.05) is 11.8 Å². The Bertz CT molecular complexity index is 640. The van der Waals surface area contributed by atoms with Crippen LogP contribution in [0.2, 0.25) is 0 Å². The lowest BCUT2D eigenvalue weighted by Crippen LogP contribution is -2.52. The molecule has 2 aliphatic rings. The number of aliphatic hydroxyl groups excluding tert-OH is 1. The molecule has 1 atom stereocenters. The van der Waals surface area contributed by atoms with Crippen LogP contribution in [0, 0.1) is 12.8 Å². The molecule has 8 heteroatoms. The number of hydrogen-bond donors (Lipinski definition) is 1. The number of aliphatic hydroxyl groups is 1. The van der Waals surface area contributed by atoms with E-state index in [4.69, 9.17) is 5.11 Å². The number of amides is 1. The van der Waals surface area contributed by atoms with Gasteiger partial charge in [-0.05, 0) is 6.92 Å². The highest BCUT2D eigenvalue weighted by atomic mass is 32.2. The minimum Gasteiger partial charge on any atom is -0.395 e. The summed E-state index contributed by atoms with van der Waals surface area (Å²) < 4.78 is 1.63. The number of thioether (sulfide) groups is 1. The Kier molecular flexibility index (Phi) is 5.03. The second-order valence-electron chi connectivity index (χ2n) is 6.04.